The second kappa shape index (κ2) is 5.13. The van der Waals surface area contributed by atoms with E-state index in [9.17, 15) is 0 Å². The van der Waals surface area contributed by atoms with Gasteiger partial charge in [-0.05, 0) is 37.7 Å². The van der Waals surface area contributed by atoms with E-state index in [1.54, 1.807) is 7.11 Å². The normalized spacial score (nSPS) is 39.5. The molecule has 3 nitrogen and oxygen atoms in total. The lowest BCUT2D eigenvalue weighted by atomic mass is 9.71. The molecule has 3 aliphatic rings. The summed E-state index contributed by atoms with van der Waals surface area (Å²) >= 11 is 0. The molecule has 0 aromatic heterocycles. The summed E-state index contributed by atoms with van der Waals surface area (Å²) in [6, 6.07) is 10.6. The van der Waals surface area contributed by atoms with Gasteiger partial charge in [0.2, 0.25) is 0 Å². The van der Waals surface area contributed by atoms with Crippen LogP contribution in [-0.2, 0) is 4.84 Å². The first-order chi connectivity index (χ1) is 10.3. The summed E-state index contributed by atoms with van der Waals surface area (Å²) in [5, 5.41) is 4.40. The number of hydrogen-bond donors (Lipinski definition) is 0. The second-order valence-corrected chi connectivity index (χ2v) is 6.83. The van der Waals surface area contributed by atoms with Crippen LogP contribution in [0.25, 0.3) is 0 Å². The van der Waals surface area contributed by atoms with Crippen molar-refractivity contribution < 1.29 is 4.84 Å². The van der Waals surface area contributed by atoms with Crippen molar-refractivity contribution in [1.29, 1.82) is 0 Å². The first-order valence-electron chi connectivity index (χ1n) is 8.20. The molecule has 0 saturated carbocycles. The summed E-state index contributed by atoms with van der Waals surface area (Å²) in [7, 11) is 1.68. The zero-order valence-electron chi connectivity index (χ0n) is 13.0. The van der Waals surface area contributed by atoms with E-state index in [1.165, 1.54) is 42.6 Å². The van der Waals surface area contributed by atoms with Crippen LogP contribution in [0, 0.1) is 12.8 Å². The fraction of sp³-hybridized carbons (Fsp3) is 0.611. The molecule has 0 N–H and O–H groups in total. The Kier molecular flexibility index (Phi) is 3.26. The van der Waals surface area contributed by atoms with Crippen molar-refractivity contribution in [2.24, 2.45) is 11.1 Å². The third kappa shape index (κ3) is 2.10. The van der Waals surface area contributed by atoms with Crippen molar-refractivity contribution in [3.05, 3.63) is 35.4 Å². The number of oxime groups is 1. The molecule has 3 heteroatoms. The number of piperidine rings is 2. The monoisotopic (exact) mass is 284 g/mol. The number of hydrogen-bond acceptors (Lipinski definition) is 3. The van der Waals surface area contributed by atoms with E-state index in [1.807, 2.05) is 0 Å². The van der Waals surface area contributed by atoms with E-state index < -0.39 is 0 Å². The highest BCUT2D eigenvalue weighted by Crippen LogP contribution is 2.50. The molecule has 0 amide bonds. The Balaban J connectivity index is 1.73. The number of nitrogens with zero attached hydrogens (tertiary/aromatic N) is 2. The second-order valence-electron chi connectivity index (χ2n) is 6.83. The van der Waals surface area contributed by atoms with Crippen molar-refractivity contribution in [2.75, 3.05) is 13.7 Å². The highest BCUT2D eigenvalue weighted by atomic mass is 16.6. The minimum absolute atomic E-state index is 0.556. The Morgan fingerprint density at radius 1 is 1.19 bits per heavy atom. The molecule has 112 valence electrons. The molecule has 0 radical (unpaired) electrons. The van der Waals surface area contributed by atoms with Gasteiger partial charge in [-0.15, -0.1) is 0 Å². The van der Waals surface area contributed by atoms with Gasteiger partial charge in [-0.1, -0.05) is 35.0 Å². The molecule has 4 rings (SSSR count). The fourth-order valence-electron chi connectivity index (χ4n) is 4.91. The molecular formula is C18H24N2O. The van der Waals surface area contributed by atoms with Gasteiger partial charge in [0.05, 0.1) is 5.71 Å². The molecule has 3 fully saturated rings. The number of benzene rings is 1. The molecule has 21 heavy (non-hydrogen) atoms. The highest BCUT2D eigenvalue weighted by molar-refractivity contribution is 5.89. The van der Waals surface area contributed by atoms with Gasteiger partial charge < -0.3 is 4.84 Å². The molecular weight excluding hydrogens is 260 g/mol. The lowest BCUT2D eigenvalue weighted by molar-refractivity contribution is 0.0829. The maximum absolute atomic E-state index is 5.15. The van der Waals surface area contributed by atoms with Crippen LogP contribution >= 0.6 is 0 Å². The molecule has 1 aromatic carbocycles. The lowest BCUT2D eigenvalue weighted by Gasteiger charge is -2.49. The number of aryl methyl sites for hydroxylation is 1. The maximum Gasteiger partial charge on any atom is 0.106 e. The lowest BCUT2D eigenvalue weighted by Crippen LogP contribution is -2.55. The van der Waals surface area contributed by atoms with Crippen LogP contribution in [0.15, 0.2) is 29.4 Å². The van der Waals surface area contributed by atoms with Crippen molar-refractivity contribution in [3.63, 3.8) is 0 Å². The third-order valence-corrected chi connectivity index (χ3v) is 5.79. The molecule has 0 aliphatic carbocycles. The van der Waals surface area contributed by atoms with Crippen LogP contribution in [0.4, 0.5) is 0 Å². The summed E-state index contributed by atoms with van der Waals surface area (Å²) in [6.07, 6.45) is 5.06. The minimum atomic E-state index is 0.556. The van der Waals surface area contributed by atoms with E-state index in [2.05, 4.69) is 41.2 Å². The highest BCUT2D eigenvalue weighted by Gasteiger charge is 2.51. The zero-order valence-corrected chi connectivity index (χ0v) is 13.0. The van der Waals surface area contributed by atoms with E-state index in [0.717, 1.165) is 12.5 Å². The number of rotatable bonds is 2. The van der Waals surface area contributed by atoms with Gasteiger partial charge in [0.15, 0.2) is 0 Å². The summed E-state index contributed by atoms with van der Waals surface area (Å²) in [5.41, 5.74) is 4.13. The smallest absolute Gasteiger partial charge is 0.106 e. The molecule has 4 bridgehead atoms. The van der Waals surface area contributed by atoms with Gasteiger partial charge in [0.1, 0.15) is 7.11 Å². The van der Waals surface area contributed by atoms with E-state index in [0.29, 0.717) is 17.9 Å². The minimum Gasteiger partial charge on any atom is -0.399 e. The molecule has 4 unspecified atom stereocenters. The Morgan fingerprint density at radius 2 is 2.00 bits per heavy atom. The van der Waals surface area contributed by atoms with Crippen molar-refractivity contribution in [1.82, 2.24) is 4.90 Å². The molecule has 3 saturated heterocycles. The Morgan fingerprint density at radius 3 is 2.76 bits per heavy atom. The van der Waals surface area contributed by atoms with Gasteiger partial charge in [-0.2, -0.15) is 0 Å². The van der Waals surface area contributed by atoms with Crippen LogP contribution in [0.5, 0.6) is 0 Å². The Labute approximate surface area is 127 Å². The first kappa shape index (κ1) is 13.3. The predicted octanol–water partition coefficient (Wildman–Crippen LogP) is 3.34. The quantitative estimate of drug-likeness (QED) is 0.778. The third-order valence-electron chi connectivity index (χ3n) is 5.79. The van der Waals surface area contributed by atoms with E-state index in [-0.39, 0.29) is 0 Å². The summed E-state index contributed by atoms with van der Waals surface area (Å²) in [4.78, 5) is 7.91. The maximum atomic E-state index is 5.15. The van der Waals surface area contributed by atoms with Gasteiger partial charge in [-0.3, -0.25) is 4.90 Å². The molecule has 3 heterocycles. The SMILES string of the molecule is CON=C1CCN2C3CCC2C1[C@@H](c1ccc(C)cc1)C3. The van der Waals surface area contributed by atoms with Gasteiger partial charge >= 0.3 is 0 Å². The van der Waals surface area contributed by atoms with Crippen LogP contribution in [0.3, 0.4) is 0 Å². The van der Waals surface area contributed by atoms with Crippen molar-refractivity contribution >= 4 is 5.71 Å². The van der Waals surface area contributed by atoms with E-state index in [4.69, 9.17) is 4.84 Å². The topological polar surface area (TPSA) is 24.8 Å². The van der Waals surface area contributed by atoms with Crippen molar-refractivity contribution in [2.45, 2.75) is 50.6 Å². The van der Waals surface area contributed by atoms with Crippen LogP contribution in [0.2, 0.25) is 0 Å². The average molecular weight is 284 g/mol. The van der Waals surface area contributed by atoms with Crippen LogP contribution < -0.4 is 0 Å². The summed E-state index contributed by atoms with van der Waals surface area (Å²) in [6.45, 7) is 3.34. The average Bonchev–Trinajstić information content (AvgIpc) is 2.78. The molecule has 0 spiro atoms. The first-order valence-corrected chi connectivity index (χ1v) is 8.20. The van der Waals surface area contributed by atoms with Crippen molar-refractivity contribution in [3.8, 4) is 0 Å². The Hall–Kier alpha value is -1.35. The standard InChI is InChI=1S/C18H24N2O/c1-12-3-5-13(6-4-12)15-11-14-7-8-17-18(15)16(19-21-2)9-10-20(14)17/h3-6,14-15,17-18H,7-11H2,1-2H3/t14?,15-,17?,18?/m1/s1. The van der Waals surface area contributed by atoms with Crippen LogP contribution in [-0.4, -0.2) is 36.3 Å². The summed E-state index contributed by atoms with van der Waals surface area (Å²) in [5.74, 6) is 1.17. The van der Waals surface area contributed by atoms with Gasteiger partial charge in [0.25, 0.3) is 0 Å². The predicted molar refractivity (Wildman–Crippen MR) is 84.6 cm³/mol. The largest absolute Gasteiger partial charge is 0.399 e. The zero-order chi connectivity index (χ0) is 14.4. The van der Waals surface area contributed by atoms with Gasteiger partial charge in [0, 0.05) is 31.0 Å². The van der Waals surface area contributed by atoms with Gasteiger partial charge in [-0.25, -0.2) is 0 Å². The Bertz CT molecular complexity index is 551. The summed E-state index contributed by atoms with van der Waals surface area (Å²) < 4.78 is 0. The molecule has 3 aliphatic heterocycles. The van der Waals surface area contributed by atoms with Crippen LogP contribution in [0.1, 0.15) is 42.7 Å². The fourth-order valence-corrected chi connectivity index (χ4v) is 4.91. The molecule has 1 aromatic rings. The van der Waals surface area contributed by atoms with E-state index >= 15 is 0 Å². The molecule has 5 atom stereocenters.